The number of para-hydroxylation sites is 2. The number of fused-ring (bicyclic) bond motifs is 11. The van der Waals surface area contributed by atoms with Crippen LogP contribution in [0.1, 0.15) is 70.1 Å². The van der Waals surface area contributed by atoms with E-state index < -0.39 is 5.41 Å². The van der Waals surface area contributed by atoms with E-state index in [0.717, 1.165) is 78.6 Å². The Morgan fingerprint density at radius 2 is 1.01 bits per heavy atom. The number of hydrogen-bond acceptors (Lipinski definition) is 3. The van der Waals surface area contributed by atoms with Gasteiger partial charge in [0.2, 0.25) is 0 Å². The summed E-state index contributed by atoms with van der Waals surface area (Å²) in [6, 6.07) is 76.8. The predicted octanol–water partition coefficient (Wildman–Crippen LogP) is 16.8. The van der Waals surface area contributed by atoms with Crippen LogP contribution >= 0.6 is 0 Å². The van der Waals surface area contributed by atoms with Gasteiger partial charge < -0.3 is 9.80 Å². The van der Waals surface area contributed by atoms with Gasteiger partial charge in [-0.15, -0.1) is 0 Å². The van der Waals surface area contributed by atoms with E-state index in [1.54, 1.807) is 0 Å². The van der Waals surface area contributed by atoms with E-state index in [0.29, 0.717) is 0 Å². The van der Waals surface area contributed by atoms with E-state index in [1.165, 1.54) is 33.4 Å². The number of anilines is 5. The molecule has 0 radical (unpaired) electrons. The lowest BCUT2D eigenvalue weighted by atomic mass is 9.64. The van der Waals surface area contributed by atoms with Crippen molar-refractivity contribution in [1.82, 2.24) is 0 Å². The largest absolute Gasteiger partial charge is 0.310 e. The molecule has 1 spiro atoms. The lowest BCUT2D eigenvalue weighted by Crippen LogP contribution is -2.36. The Balaban J connectivity index is 1.05. The molecule has 3 aliphatic rings. The first-order valence-corrected chi connectivity index (χ1v) is 23.9. The minimum absolute atomic E-state index is 0.0987. The summed E-state index contributed by atoms with van der Waals surface area (Å²) in [4.78, 5) is 18.5. The summed E-state index contributed by atoms with van der Waals surface area (Å²) in [7, 11) is 0. The average Bonchev–Trinajstić information content (AvgIpc) is 3.70. The normalized spacial score (nSPS) is 14.6. The van der Waals surface area contributed by atoms with Gasteiger partial charge in [-0.3, -0.25) is 4.79 Å². The maximum absolute atomic E-state index is 13.7. The number of carbonyl (C=O) groups excluding carboxylic acids is 1. The van der Waals surface area contributed by atoms with Crippen LogP contribution in [0.2, 0.25) is 0 Å². The summed E-state index contributed by atoms with van der Waals surface area (Å²) in [6.07, 6.45) is 8.18. The van der Waals surface area contributed by atoms with Crippen molar-refractivity contribution in [2.75, 3.05) is 9.80 Å². The topological polar surface area (TPSA) is 23.6 Å². The second-order valence-electron chi connectivity index (χ2n) is 18.8. The second kappa shape index (κ2) is 16.4. The molecule has 3 nitrogen and oxygen atoms in total. The first-order chi connectivity index (χ1) is 33.8. The Labute approximate surface area is 405 Å². The molecule has 0 N–H and O–H groups in total. The Morgan fingerprint density at radius 3 is 1.65 bits per heavy atom. The van der Waals surface area contributed by atoms with Gasteiger partial charge in [0.1, 0.15) is 0 Å². The number of nitrogens with zero attached hydrogens (tertiary/aromatic N) is 2. The summed E-state index contributed by atoms with van der Waals surface area (Å²) in [6.45, 7) is 10.8. The predicted molar refractivity (Wildman–Crippen MR) is 287 cm³/mol. The van der Waals surface area contributed by atoms with E-state index in [9.17, 15) is 4.79 Å². The molecule has 0 unspecified atom stereocenters. The third kappa shape index (κ3) is 6.38. The molecular formula is C66H50N2O. The third-order valence-corrected chi connectivity index (χ3v) is 14.8. The lowest BCUT2D eigenvalue weighted by molar-refractivity contribution is 0.103. The molecule has 0 amide bonds. The van der Waals surface area contributed by atoms with E-state index >= 15 is 0 Å². The van der Waals surface area contributed by atoms with Gasteiger partial charge in [0.15, 0.2) is 5.78 Å². The van der Waals surface area contributed by atoms with Gasteiger partial charge >= 0.3 is 0 Å². The van der Waals surface area contributed by atoms with Crippen molar-refractivity contribution in [3.8, 4) is 33.4 Å². The lowest BCUT2D eigenvalue weighted by Gasteiger charge is -2.45. The maximum atomic E-state index is 13.7. The highest BCUT2D eigenvalue weighted by Gasteiger charge is 2.52. The van der Waals surface area contributed by atoms with Crippen LogP contribution in [0.25, 0.3) is 33.4 Å². The van der Waals surface area contributed by atoms with E-state index in [2.05, 4.69) is 230 Å². The fourth-order valence-corrected chi connectivity index (χ4v) is 11.6. The highest BCUT2D eigenvalue weighted by molar-refractivity contribution is 6.13. The second-order valence-corrected chi connectivity index (χ2v) is 18.8. The number of ketones is 1. The van der Waals surface area contributed by atoms with E-state index in [1.807, 2.05) is 43.3 Å². The van der Waals surface area contributed by atoms with Gasteiger partial charge in [0.25, 0.3) is 0 Å². The molecule has 69 heavy (non-hydrogen) atoms. The molecule has 1 aliphatic heterocycles. The fraction of sp³-hybridized carbons (Fsp3) is 0.0758. The van der Waals surface area contributed by atoms with Crippen LogP contribution in [-0.2, 0) is 10.8 Å². The molecule has 330 valence electrons. The molecular weight excluding hydrogens is 837 g/mol. The Bertz CT molecular complexity index is 3530. The minimum Gasteiger partial charge on any atom is -0.310 e. The fourth-order valence-electron chi connectivity index (χ4n) is 11.6. The average molecular weight is 887 g/mol. The van der Waals surface area contributed by atoms with Crippen LogP contribution in [0.15, 0.2) is 249 Å². The van der Waals surface area contributed by atoms with Gasteiger partial charge in [0.05, 0.1) is 16.8 Å². The number of rotatable bonds is 8. The zero-order valence-electron chi connectivity index (χ0n) is 39.0. The van der Waals surface area contributed by atoms with Crippen LogP contribution in [0.5, 0.6) is 0 Å². The molecule has 0 saturated carbocycles. The highest BCUT2D eigenvalue weighted by Crippen LogP contribution is 2.64. The number of benzene rings is 9. The number of carbonyl (C=O) groups is 1. The SMILES string of the molecule is C=C/C(=C\C=C/C)N(c1ccccc1)c1ccc2c(c1)N(c1ccccc1)c1ccc(-c3ccc(-c4ccc5c(c4)C(C)(C)c4ccccc4C5=O)cc3)cc1C21c2ccccc2-c2ccccc21. The monoisotopic (exact) mass is 886 g/mol. The molecule has 2 aliphatic carbocycles. The third-order valence-electron chi connectivity index (χ3n) is 14.8. The van der Waals surface area contributed by atoms with Crippen molar-refractivity contribution in [1.29, 1.82) is 0 Å². The van der Waals surface area contributed by atoms with Crippen molar-refractivity contribution < 1.29 is 4.79 Å². The van der Waals surface area contributed by atoms with Crippen molar-refractivity contribution in [3.63, 3.8) is 0 Å². The molecule has 12 rings (SSSR count). The maximum Gasteiger partial charge on any atom is 0.193 e. The summed E-state index contributed by atoms with van der Waals surface area (Å²) in [5.74, 6) is 0.0987. The minimum atomic E-state index is -0.636. The van der Waals surface area contributed by atoms with Gasteiger partial charge in [0, 0.05) is 39.3 Å². The Morgan fingerprint density at radius 1 is 0.478 bits per heavy atom. The smallest absolute Gasteiger partial charge is 0.193 e. The first-order valence-electron chi connectivity index (χ1n) is 23.9. The van der Waals surface area contributed by atoms with Gasteiger partial charge in [-0.1, -0.05) is 190 Å². The molecule has 0 bridgehead atoms. The molecule has 0 atom stereocenters. The van der Waals surface area contributed by atoms with Crippen LogP contribution < -0.4 is 9.80 Å². The van der Waals surface area contributed by atoms with Crippen molar-refractivity contribution in [3.05, 3.63) is 293 Å². The van der Waals surface area contributed by atoms with Gasteiger partial charge in [-0.25, -0.2) is 0 Å². The summed E-state index contributed by atoms with van der Waals surface area (Å²) >= 11 is 0. The van der Waals surface area contributed by atoms with E-state index in [-0.39, 0.29) is 11.2 Å². The number of allylic oxidation sites excluding steroid dienone is 4. The zero-order chi connectivity index (χ0) is 46.9. The van der Waals surface area contributed by atoms with Crippen LogP contribution in [0.3, 0.4) is 0 Å². The highest BCUT2D eigenvalue weighted by atomic mass is 16.1. The van der Waals surface area contributed by atoms with Gasteiger partial charge in [-0.05, 0) is 140 Å². The van der Waals surface area contributed by atoms with Crippen molar-refractivity contribution in [2.45, 2.75) is 31.6 Å². The Hall–Kier alpha value is -8.53. The van der Waals surface area contributed by atoms with Crippen LogP contribution in [0.4, 0.5) is 28.4 Å². The van der Waals surface area contributed by atoms with Crippen molar-refractivity contribution >= 4 is 34.2 Å². The van der Waals surface area contributed by atoms with Crippen LogP contribution in [-0.4, -0.2) is 5.78 Å². The molecule has 9 aromatic carbocycles. The first kappa shape index (κ1) is 41.9. The Kier molecular flexibility index (Phi) is 9.93. The zero-order valence-corrected chi connectivity index (χ0v) is 39.0. The summed E-state index contributed by atoms with van der Waals surface area (Å²) in [5, 5.41) is 0. The van der Waals surface area contributed by atoms with Gasteiger partial charge in [-0.2, -0.15) is 0 Å². The molecule has 0 fully saturated rings. The molecule has 9 aromatic rings. The molecule has 0 saturated heterocycles. The molecule has 1 heterocycles. The number of hydrogen-bond donors (Lipinski definition) is 0. The van der Waals surface area contributed by atoms with Crippen LogP contribution in [0, 0.1) is 0 Å². The quantitative estimate of drug-likeness (QED) is 0.142. The molecule has 3 heteroatoms. The summed E-state index contributed by atoms with van der Waals surface area (Å²) in [5.41, 5.74) is 21.2. The molecule has 0 aromatic heterocycles. The standard InChI is InChI=1S/C66H50N2O/c1-5-7-20-48(6-2)67(49-21-10-8-11-22-49)51-37-39-59-63(43-51)68(50-23-12-9-13-24-50)62-40-36-47(42-61(62)66(59)57-29-18-14-25-52(57)53-26-15-19-30-58(53)66)45-33-31-44(32-34-45)46-35-38-55-60(41-46)65(3,4)56-28-17-16-27-54(56)64(55)69/h5-43H,2H2,1,3-4H3/b7-5-,48-20+. The summed E-state index contributed by atoms with van der Waals surface area (Å²) < 4.78 is 0. The van der Waals surface area contributed by atoms with Crippen molar-refractivity contribution in [2.24, 2.45) is 0 Å². The van der Waals surface area contributed by atoms with E-state index in [4.69, 9.17) is 0 Å².